The van der Waals surface area contributed by atoms with Gasteiger partial charge in [0, 0.05) is 12.1 Å². The van der Waals surface area contributed by atoms with Gasteiger partial charge in [-0.25, -0.2) is 8.78 Å². The molecule has 1 fully saturated rings. The van der Waals surface area contributed by atoms with Gasteiger partial charge in [-0.2, -0.15) is 0 Å². The van der Waals surface area contributed by atoms with Crippen molar-refractivity contribution >= 4 is 0 Å². The van der Waals surface area contributed by atoms with Crippen molar-refractivity contribution in [2.45, 2.75) is 25.3 Å². The minimum Gasteiger partial charge on any atom is -0.297 e. The van der Waals surface area contributed by atoms with Gasteiger partial charge >= 0.3 is 0 Å². The summed E-state index contributed by atoms with van der Waals surface area (Å²) in [6, 6.07) is 19.4. The predicted molar refractivity (Wildman–Crippen MR) is 103 cm³/mol. The summed E-state index contributed by atoms with van der Waals surface area (Å²) in [5.41, 5.74) is 4.05. The molecule has 138 valence electrons. The predicted octanol–water partition coefficient (Wildman–Crippen LogP) is 5.41. The van der Waals surface area contributed by atoms with Crippen molar-refractivity contribution in [1.82, 2.24) is 9.88 Å². The lowest BCUT2D eigenvalue weighted by atomic mass is 9.89. The largest absolute Gasteiger partial charge is 0.297 e. The maximum atomic E-state index is 13.1. The maximum Gasteiger partial charge on any atom is 0.123 e. The fraction of sp³-hybridized carbons (Fsp3) is 0.261. The Labute approximate surface area is 158 Å². The molecule has 4 heteroatoms. The number of likely N-dealkylation sites (tertiary alicyclic amines) is 1. The monoisotopic (exact) mass is 364 g/mol. The molecule has 1 aliphatic heterocycles. The summed E-state index contributed by atoms with van der Waals surface area (Å²) in [5.74, 6) is 0.0857. The van der Waals surface area contributed by atoms with Gasteiger partial charge in [0.2, 0.25) is 0 Å². The Kier molecular flexibility index (Phi) is 5.26. The Morgan fingerprint density at radius 2 is 1.44 bits per heavy atom. The first-order valence-corrected chi connectivity index (χ1v) is 9.37. The van der Waals surface area contributed by atoms with Crippen LogP contribution in [0.15, 0.2) is 66.7 Å². The van der Waals surface area contributed by atoms with E-state index in [1.165, 1.54) is 17.7 Å². The molecule has 2 heterocycles. The Morgan fingerprint density at radius 1 is 0.815 bits per heavy atom. The van der Waals surface area contributed by atoms with Gasteiger partial charge in [0.25, 0.3) is 0 Å². The topological polar surface area (TPSA) is 16.1 Å². The highest BCUT2D eigenvalue weighted by Crippen LogP contribution is 2.29. The molecule has 1 aromatic heterocycles. The van der Waals surface area contributed by atoms with Crippen molar-refractivity contribution in [3.05, 3.63) is 89.6 Å². The van der Waals surface area contributed by atoms with Crippen molar-refractivity contribution in [1.29, 1.82) is 0 Å². The van der Waals surface area contributed by atoms with E-state index in [0.717, 1.165) is 49.4 Å². The Hall–Kier alpha value is -2.59. The van der Waals surface area contributed by atoms with E-state index < -0.39 is 0 Å². The number of pyridine rings is 1. The SMILES string of the molecule is Fc1ccc(-c2cccc(CN3CCC(c4ccc(F)cc4)CC3)n2)cc1. The normalized spacial score (nSPS) is 15.8. The first-order chi connectivity index (χ1) is 13.2. The average molecular weight is 364 g/mol. The Morgan fingerprint density at radius 3 is 2.11 bits per heavy atom. The molecule has 0 N–H and O–H groups in total. The molecule has 0 aliphatic carbocycles. The van der Waals surface area contributed by atoms with E-state index in [1.807, 2.05) is 30.3 Å². The maximum absolute atomic E-state index is 13.1. The van der Waals surface area contributed by atoms with Crippen LogP contribution in [0.25, 0.3) is 11.3 Å². The molecule has 1 saturated heterocycles. The molecule has 4 rings (SSSR count). The van der Waals surface area contributed by atoms with E-state index in [2.05, 4.69) is 4.90 Å². The highest BCUT2D eigenvalue weighted by Gasteiger charge is 2.21. The number of hydrogen-bond acceptors (Lipinski definition) is 2. The Bertz CT molecular complexity index is 883. The van der Waals surface area contributed by atoms with Crippen molar-refractivity contribution in [3.63, 3.8) is 0 Å². The standard InChI is InChI=1S/C23H22F2N2/c24-20-8-4-17(5-9-20)18-12-14-27(15-13-18)16-22-2-1-3-23(26-22)19-6-10-21(25)11-7-19/h1-11,18H,12-16H2. The van der Waals surface area contributed by atoms with E-state index in [9.17, 15) is 8.78 Å². The number of rotatable bonds is 4. The van der Waals surface area contributed by atoms with Gasteiger partial charge in [-0.1, -0.05) is 18.2 Å². The summed E-state index contributed by atoms with van der Waals surface area (Å²) in [4.78, 5) is 7.16. The average Bonchev–Trinajstić information content (AvgIpc) is 2.70. The molecule has 0 unspecified atom stereocenters. The van der Waals surface area contributed by atoms with Crippen LogP contribution in [0.1, 0.15) is 30.0 Å². The van der Waals surface area contributed by atoms with Gasteiger partial charge in [-0.15, -0.1) is 0 Å². The molecule has 2 nitrogen and oxygen atoms in total. The molecule has 0 spiro atoms. The Balaban J connectivity index is 1.38. The third kappa shape index (κ3) is 4.40. The van der Waals surface area contributed by atoms with Crippen LogP contribution in [0.3, 0.4) is 0 Å². The number of halogens is 2. The molecule has 0 atom stereocenters. The minimum absolute atomic E-state index is 0.178. The number of aromatic nitrogens is 1. The molecular formula is C23H22F2N2. The zero-order valence-electron chi connectivity index (χ0n) is 15.1. The van der Waals surface area contributed by atoms with Gasteiger partial charge in [0.05, 0.1) is 11.4 Å². The van der Waals surface area contributed by atoms with Gasteiger partial charge in [-0.3, -0.25) is 9.88 Å². The van der Waals surface area contributed by atoms with Gasteiger partial charge in [0.1, 0.15) is 11.6 Å². The number of nitrogens with zero attached hydrogens (tertiary/aromatic N) is 2. The third-order valence-electron chi connectivity index (χ3n) is 5.26. The first-order valence-electron chi connectivity index (χ1n) is 9.37. The van der Waals surface area contributed by atoms with Gasteiger partial charge in [-0.05, 0) is 85.9 Å². The van der Waals surface area contributed by atoms with Crippen LogP contribution in [0, 0.1) is 11.6 Å². The van der Waals surface area contributed by atoms with Crippen molar-refractivity contribution < 1.29 is 8.78 Å². The molecule has 0 saturated carbocycles. The van der Waals surface area contributed by atoms with E-state index in [-0.39, 0.29) is 11.6 Å². The molecule has 0 radical (unpaired) electrons. The second-order valence-electron chi connectivity index (χ2n) is 7.12. The molecular weight excluding hydrogens is 342 g/mol. The van der Waals surface area contributed by atoms with Crippen LogP contribution in [0.4, 0.5) is 8.78 Å². The van der Waals surface area contributed by atoms with Gasteiger partial charge in [0.15, 0.2) is 0 Å². The number of hydrogen-bond donors (Lipinski definition) is 0. The molecule has 2 aromatic carbocycles. The minimum atomic E-state index is -0.237. The van der Waals surface area contributed by atoms with Gasteiger partial charge < -0.3 is 0 Å². The fourth-order valence-corrected chi connectivity index (χ4v) is 3.74. The van der Waals surface area contributed by atoms with Crippen LogP contribution < -0.4 is 0 Å². The summed E-state index contributed by atoms with van der Waals surface area (Å²) >= 11 is 0. The first kappa shape index (κ1) is 17.8. The second-order valence-corrected chi connectivity index (χ2v) is 7.12. The second kappa shape index (κ2) is 7.97. The highest BCUT2D eigenvalue weighted by molar-refractivity contribution is 5.58. The van der Waals surface area contributed by atoms with E-state index in [4.69, 9.17) is 4.98 Å². The smallest absolute Gasteiger partial charge is 0.123 e. The number of piperidine rings is 1. The fourth-order valence-electron chi connectivity index (χ4n) is 3.74. The molecule has 0 amide bonds. The van der Waals surface area contributed by atoms with E-state index in [1.54, 1.807) is 24.3 Å². The van der Waals surface area contributed by atoms with E-state index in [0.29, 0.717) is 5.92 Å². The van der Waals surface area contributed by atoms with Crippen LogP contribution in [0.5, 0.6) is 0 Å². The summed E-state index contributed by atoms with van der Waals surface area (Å²) < 4.78 is 26.2. The van der Waals surface area contributed by atoms with Crippen molar-refractivity contribution in [2.75, 3.05) is 13.1 Å². The summed E-state index contributed by atoms with van der Waals surface area (Å²) in [6.45, 7) is 2.82. The lowest BCUT2D eigenvalue weighted by Gasteiger charge is -2.32. The lowest BCUT2D eigenvalue weighted by molar-refractivity contribution is 0.202. The quantitative estimate of drug-likeness (QED) is 0.616. The van der Waals surface area contributed by atoms with Crippen LogP contribution in [-0.2, 0) is 6.54 Å². The molecule has 1 aliphatic rings. The van der Waals surface area contributed by atoms with E-state index >= 15 is 0 Å². The highest BCUT2D eigenvalue weighted by atomic mass is 19.1. The zero-order chi connectivity index (χ0) is 18.6. The molecule has 0 bridgehead atoms. The van der Waals surface area contributed by atoms with Crippen LogP contribution >= 0.6 is 0 Å². The lowest BCUT2D eigenvalue weighted by Crippen LogP contribution is -2.32. The van der Waals surface area contributed by atoms with Crippen molar-refractivity contribution in [2.24, 2.45) is 0 Å². The van der Waals surface area contributed by atoms with Crippen molar-refractivity contribution in [3.8, 4) is 11.3 Å². The summed E-state index contributed by atoms with van der Waals surface area (Å²) in [7, 11) is 0. The molecule has 27 heavy (non-hydrogen) atoms. The zero-order valence-corrected chi connectivity index (χ0v) is 15.1. The summed E-state index contributed by atoms with van der Waals surface area (Å²) in [6.07, 6.45) is 2.15. The number of benzene rings is 2. The third-order valence-corrected chi connectivity index (χ3v) is 5.26. The molecule has 3 aromatic rings. The van der Waals surface area contributed by atoms with Crippen LogP contribution in [-0.4, -0.2) is 23.0 Å². The van der Waals surface area contributed by atoms with Crippen LogP contribution in [0.2, 0.25) is 0 Å². The summed E-state index contributed by atoms with van der Waals surface area (Å²) in [5, 5.41) is 0.